The van der Waals surface area contributed by atoms with E-state index in [1.165, 1.54) is 16.7 Å². The second-order valence-electron chi connectivity index (χ2n) is 5.40. The predicted octanol–water partition coefficient (Wildman–Crippen LogP) is 3.46. The van der Waals surface area contributed by atoms with E-state index >= 15 is 0 Å². The molecule has 2 aromatic rings. The van der Waals surface area contributed by atoms with E-state index in [2.05, 4.69) is 77.5 Å². The number of rotatable bonds is 8. The van der Waals surface area contributed by atoms with E-state index < -0.39 is 0 Å². The first-order valence-corrected chi connectivity index (χ1v) is 7.39. The fourth-order valence-corrected chi connectivity index (χ4v) is 2.47. The van der Waals surface area contributed by atoms with Gasteiger partial charge in [0.15, 0.2) is 0 Å². The lowest BCUT2D eigenvalue weighted by atomic mass is 10.1. The van der Waals surface area contributed by atoms with Crippen LogP contribution in [0.3, 0.4) is 0 Å². The van der Waals surface area contributed by atoms with Gasteiger partial charge in [-0.3, -0.25) is 4.90 Å². The van der Waals surface area contributed by atoms with Crippen molar-refractivity contribution in [3.05, 3.63) is 83.9 Å². The van der Waals surface area contributed by atoms with E-state index in [1.807, 2.05) is 7.05 Å². The first-order valence-electron chi connectivity index (χ1n) is 7.39. The first-order chi connectivity index (χ1) is 10.3. The van der Waals surface area contributed by atoms with Gasteiger partial charge in [0, 0.05) is 26.2 Å². The van der Waals surface area contributed by atoms with Crippen LogP contribution in [0.15, 0.2) is 72.8 Å². The molecule has 2 aromatic carbocycles. The van der Waals surface area contributed by atoms with Gasteiger partial charge in [-0.2, -0.15) is 0 Å². The molecular weight excluding hydrogens is 256 g/mol. The molecule has 0 saturated heterocycles. The maximum atomic E-state index is 4.16. The van der Waals surface area contributed by atoms with Crippen LogP contribution in [0.2, 0.25) is 0 Å². The summed E-state index contributed by atoms with van der Waals surface area (Å²) >= 11 is 0. The molecule has 0 saturated carbocycles. The SMILES string of the molecule is C=C(CNC)CN(Cc1ccccc1)Cc1ccccc1. The van der Waals surface area contributed by atoms with Crippen molar-refractivity contribution < 1.29 is 0 Å². The van der Waals surface area contributed by atoms with Gasteiger partial charge >= 0.3 is 0 Å². The van der Waals surface area contributed by atoms with Gasteiger partial charge in [0.2, 0.25) is 0 Å². The summed E-state index contributed by atoms with van der Waals surface area (Å²) in [5, 5.41) is 3.17. The summed E-state index contributed by atoms with van der Waals surface area (Å²) in [5.41, 5.74) is 3.89. The Morgan fingerprint density at radius 3 is 1.81 bits per heavy atom. The fourth-order valence-electron chi connectivity index (χ4n) is 2.47. The van der Waals surface area contributed by atoms with Gasteiger partial charge in [0.1, 0.15) is 0 Å². The van der Waals surface area contributed by atoms with Gasteiger partial charge in [-0.1, -0.05) is 67.2 Å². The highest BCUT2D eigenvalue weighted by atomic mass is 15.1. The highest BCUT2D eigenvalue weighted by Gasteiger charge is 2.08. The first kappa shape index (κ1) is 15.5. The number of benzene rings is 2. The molecule has 2 rings (SSSR count). The second kappa shape index (κ2) is 8.40. The Balaban J connectivity index is 2.04. The van der Waals surface area contributed by atoms with Crippen LogP contribution in [0.25, 0.3) is 0 Å². The molecule has 0 fully saturated rings. The second-order valence-corrected chi connectivity index (χ2v) is 5.40. The lowest BCUT2D eigenvalue weighted by Gasteiger charge is -2.23. The largest absolute Gasteiger partial charge is 0.316 e. The van der Waals surface area contributed by atoms with Crippen LogP contribution in [-0.4, -0.2) is 25.0 Å². The van der Waals surface area contributed by atoms with Crippen LogP contribution in [0.4, 0.5) is 0 Å². The van der Waals surface area contributed by atoms with Crippen molar-refractivity contribution in [1.29, 1.82) is 0 Å². The normalized spacial score (nSPS) is 10.8. The lowest BCUT2D eigenvalue weighted by Crippen LogP contribution is -2.27. The average Bonchev–Trinajstić information content (AvgIpc) is 2.49. The Bertz CT molecular complexity index is 493. The average molecular weight is 280 g/mol. The van der Waals surface area contributed by atoms with Crippen LogP contribution in [-0.2, 0) is 13.1 Å². The third-order valence-corrected chi connectivity index (χ3v) is 3.37. The Kier molecular flexibility index (Phi) is 6.20. The predicted molar refractivity (Wildman–Crippen MR) is 90.1 cm³/mol. The van der Waals surface area contributed by atoms with E-state index in [1.54, 1.807) is 0 Å². The maximum Gasteiger partial charge on any atom is 0.0240 e. The van der Waals surface area contributed by atoms with Gasteiger partial charge in [-0.05, 0) is 23.7 Å². The molecule has 1 N–H and O–H groups in total. The third-order valence-electron chi connectivity index (χ3n) is 3.37. The van der Waals surface area contributed by atoms with E-state index in [0.717, 1.165) is 26.2 Å². The highest BCUT2D eigenvalue weighted by molar-refractivity contribution is 5.18. The molecular formula is C19H24N2. The molecule has 0 heterocycles. The van der Waals surface area contributed by atoms with Crippen molar-refractivity contribution >= 4 is 0 Å². The molecule has 0 unspecified atom stereocenters. The van der Waals surface area contributed by atoms with Crippen LogP contribution in [0.1, 0.15) is 11.1 Å². The number of nitrogens with one attached hydrogen (secondary N) is 1. The molecule has 0 atom stereocenters. The molecule has 0 spiro atoms. The van der Waals surface area contributed by atoms with E-state index in [9.17, 15) is 0 Å². The van der Waals surface area contributed by atoms with Crippen molar-refractivity contribution in [1.82, 2.24) is 10.2 Å². The molecule has 0 aliphatic heterocycles. The monoisotopic (exact) mass is 280 g/mol. The number of nitrogens with zero attached hydrogens (tertiary/aromatic N) is 1. The number of hydrogen-bond acceptors (Lipinski definition) is 2. The van der Waals surface area contributed by atoms with E-state index in [0.29, 0.717) is 0 Å². The van der Waals surface area contributed by atoms with Crippen molar-refractivity contribution in [2.24, 2.45) is 0 Å². The molecule has 0 bridgehead atoms. The summed E-state index contributed by atoms with van der Waals surface area (Å²) in [6, 6.07) is 21.2. The Hall–Kier alpha value is -1.90. The minimum absolute atomic E-state index is 0.861. The maximum absolute atomic E-state index is 4.16. The zero-order valence-corrected chi connectivity index (χ0v) is 12.8. The minimum atomic E-state index is 0.861. The van der Waals surface area contributed by atoms with Crippen molar-refractivity contribution in [3.63, 3.8) is 0 Å². The van der Waals surface area contributed by atoms with E-state index in [-0.39, 0.29) is 0 Å². The van der Waals surface area contributed by atoms with Crippen molar-refractivity contribution in [3.8, 4) is 0 Å². The highest BCUT2D eigenvalue weighted by Crippen LogP contribution is 2.11. The Labute approximate surface area is 128 Å². The summed E-state index contributed by atoms with van der Waals surface area (Å²) in [7, 11) is 1.96. The van der Waals surface area contributed by atoms with Gasteiger partial charge in [0.05, 0.1) is 0 Å². The number of likely N-dealkylation sites (N-methyl/N-ethyl adjacent to an activating group) is 1. The van der Waals surface area contributed by atoms with E-state index in [4.69, 9.17) is 0 Å². The van der Waals surface area contributed by atoms with Gasteiger partial charge in [0.25, 0.3) is 0 Å². The summed E-state index contributed by atoms with van der Waals surface area (Å²) in [6.45, 7) is 7.82. The van der Waals surface area contributed by atoms with Gasteiger partial charge in [-0.15, -0.1) is 0 Å². The Morgan fingerprint density at radius 1 is 0.905 bits per heavy atom. The standard InChI is InChI=1S/C19H24N2/c1-17(13-20-2)14-21(15-18-9-5-3-6-10-18)16-19-11-7-4-8-12-19/h3-12,20H,1,13-16H2,2H3. The lowest BCUT2D eigenvalue weighted by molar-refractivity contribution is 0.278. The molecule has 0 amide bonds. The van der Waals surface area contributed by atoms with Gasteiger partial charge in [-0.25, -0.2) is 0 Å². The van der Waals surface area contributed by atoms with Crippen molar-refractivity contribution in [2.45, 2.75) is 13.1 Å². The topological polar surface area (TPSA) is 15.3 Å². The summed E-state index contributed by atoms with van der Waals surface area (Å²) in [4.78, 5) is 2.43. The molecule has 0 aromatic heterocycles. The third kappa shape index (κ3) is 5.54. The van der Waals surface area contributed by atoms with Crippen LogP contribution >= 0.6 is 0 Å². The molecule has 110 valence electrons. The zero-order valence-electron chi connectivity index (χ0n) is 12.8. The summed E-state index contributed by atoms with van der Waals surface area (Å²) in [6.07, 6.45) is 0. The fraction of sp³-hybridized carbons (Fsp3) is 0.263. The van der Waals surface area contributed by atoms with Crippen LogP contribution < -0.4 is 5.32 Å². The number of hydrogen-bond donors (Lipinski definition) is 1. The smallest absolute Gasteiger partial charge is 0.0240 e. The Morgan fingerprint density at radius 2 is 1.38 bits per heavy atom. The summed E-state index contributed by atoms with van der Waals surface area (Å²) < 4.78 is 0. The molecule has 0 aliphatic rings. The molecule has 2 nitrogen and oxygen atoms in total. The van der Waals surface area contributed by atoms with Crippen LogP contribution in [0, 0.1) is 0 Å². The van der Waals surface area contributed by atoms with Gasteiger partial charge < -0.3 is 5.32 Å². The molecule has 2 heteroatoms. The van der Waals surface area contributed by atoms with Crippen LogP contribution in [0.5, 0.6) is 0 Å². The summed E-state index contributed by atoms with van der Waals surface area (Å²) in [5.74, 6) is 0. The molecule has 0 radical (unpaired) electrons. The zero-order chi connectivity index (χ0) is 14.9. The molecule has 0 aliphatic carbocycles. The van der Waals surface area contributed by atoms with Crippen molar-refractivity contribution in [2.75, 3.05) is 20.1 Å². The minimum Gasteiger partial charge on any atom is -0.316 e. The molecule has 21 heavy (non-hydrogen) atoms. The quantitative estimate of drug-likeness (QED) is 0.745.